The molecule has 0 atom stereocenters. The molecule has 6 aromatic rings. The van der Waals surface area contributed by atoms with Gasteiger partial charge in [-0.2, -0.15) is 12.1 Å². The first-order valence-corrected chi connectivity index (χ1v) is 23.1. The second kappa shape index (κ2) is 13.5. The number of fused-ring (bicyclic) bond motifs is 2. The van der Waals surface area contributed by atoms with E-state index in [4.69, 9.17) is 0 Å². The van der Waals surface area contributed by atoms with Crippen molar-refractivity contribution in [1.29, 1.82) is 0 Å². The van der Waals surface area contributed by atoms with Gasteiger partial charge >= 0.3 is 25.8 Å². The zero-order valence-electron chi connectivity index (χ0n) is 29.2. The van der Waals surface area contributed by atoms with E-state index in [1.165, 1.54) is 91.0 Å². The molecule has 6 aromatic carbocycles. The molecule has 1 aliphatic carbocycles. The predicted octanol–water partition coefficient (Wildman–Crippen LogP) is 11.6. The second-order valence-electron chi connectivity index (χ2n) is 15.0. The Morgan fingerprint density at radius 2 is 0.891 bits per heavy atom. The first kappa shape index (κ1) is 36.2. The standard InChI is InChI=1S/C41H44Si2.2CH3.Hf/c1-42(2,3)35-19-15-29(16-20-35)37-13-9-11-31-25-33(27-39(31)37)41(23-7-8-24-41)34-26-32-12-10-14-38(40(32)28-34)30-17-21-36(22-18-30)43(4,5)6;;;/h9-22,25-28H,7-8,23-24H2,1-6H3;2*1H3;/q-2;2*-1;+4. The SMILES string of the molecule is C[Si](C)(C)c1ccc(-c2cccc3[cH-]c(C4(c5cc6c(-c7ccc([Si](C)(C)C)cc7)cccc6[cH-]5)CCCC4)cc23)cc1.[CH3-].[CH3-].[Hf+4]. The molecule has 3 heteroatoms. The third kappa shape index (κ3) is 6.45. The molecule has 234 valence electrons. The average Bonchev–Trinajstić information content (AvgIpc) is 3.74. The molecule has 0 heterocycles. The van der Waals surface area contributed by atoms with E-state index < -0.39 is 16.1 Å². The fourth-order valence-corrected chi connectivity index (χ4v) is 9.88. The van der Waals surface area contributed by atoms with Gasteiger partial charge in [-0.1, -0.05) is 134 Å². The third-order valence-corrected chi connectivity index (χ3v) is 14.3. The molecule has 0 aromatic heterocycles. The van der Waals surface area contributed by atoms with Crippen LogP contribution < -0.4 is 10.4 Å². The van der Waals surface area contributed by atoms with E-state index in [0.29, 0.717) is 0 Å². The molecule has 0 spiro atoms. The van der Waals surface area contributed by atoms with E-state index in [-0.39, 0.29) is 46.1 Å². The van der Waals surface area contributed by atoms with Crippen LogP contribution in [0.15, 0.2) is 109 Å². The maximum absolute atomic E-state index is 2.54. The number of hydrogen-bond donors (Lipinski definition) is 0. The summed E-state index contributed by atoms with van der Waals surface area (Å²) in [5, 5.41) is 8.56. The van der Waals surface area contributed by atoms with Crippen LogP contribution >= 0.6 is 0 Å². The quantitative estimate of drug-likeness (QED) is 0.116. The molecule has 1 aliphatic rings. The van der Waals surface area contributed by atoms with Gasteiger partial charge in [-0.05, 0) is 29.4 Å². The van der Waals surface area contributed by atoms with Crippen molar-refractivity contribution in [3.8, 4) is 22.3 Å². The van der Waals surface area contributed by atoms with Crippen molar-refractivity contribution in [2.75, 3.05) is 0 Å². The molecular weight excluding hydrogens is 751 g/mol. The first-order valence-electron chi connectivity index (χ1n) is 16.1. The van der Waals surface area contributed by atoms with Gasteiger partial charge in [0, 0.05) is 0 Å². The Balaban J connectivity index is 0.00000160. The van der Waals surface area contributed by atoms with E-state index >= 15 is 0 Å². The Labute approximate surface area is 299 Å². The van der Waals surface area contributed by atoms with E-state index in [2.05, 4.69) is 148 Å². The minimum absolute atomic E-state index is 0. The molecule has 0 aliphatic heterocycles. The number of rotatable bonds is 6. The predicted molar refractivity (Wildman–Crippen MR) is 208 cm³/mol. The Morgan fingerprint density at radius 1 is 0.522 bits per heavy atom. The average molecular weight is 802 g/mol. The number of benzene rings is 4. The Kier molecular flexibility index (Phi) is 10.6. The molecule has 0 nitrogen and oxygen atoms in total. The number of hydrogen-bond acceptors (Lipinski definition) is 0. The van der Waals surface area contributed by atoms with Crippen molar-refractivity contribution in [3.63, 3.8) is 0 Å². The van der Waals surface area contributed by atoms with Crippen molar-refractivity contribution in [1.82, 2.24) is 0 Å². The van der Waals surface area contributed by atoms with Crippen LogP contribution in [0.4, 0.5) is 0 Å². The second-order valence-corrected chi connectivity index (χ2v) is 25.2. The topological polar surface area (TPSA) is 0 Å². The maximum Gasteiger partial charge on any atom is 4.00 e. The molecule has 0 radical (unpaired) electrons. The molecule has 1 saturated carbocycles. The largest absolute Gasteiger partial charge is 4.00 e. The van der Waals surface area contributed by atoms with Crippen LogP contribution in [0.5, 0.6) is 0 Å². The summed E-state index contributed by atoms with van der Waals surface area (Å²) in [6, 6.07) is 42.7. The Hall–Kier alpha value is -2.60. The van der Waals surface area contributed by atoms with Crippen molar-refractivity contribution in [2.45, 2.75) is 70.4 Å². The van der Waals surface area contributed by atoms with Crippen molar-refractivity contribution < 1.29 is 25.8 Å². The summed E-state index contributed by atoms with van der Waals surface area (Å²) >= 11 is 0. The summed E-state index contributed by atoms with van der Waals surface area (Å²) < 4.78 is 0. The molecular formula is C43H50HfSi2. The van der Waals surface area contributed by atoms with Gasteiger partial charge in [-0.25, -0.2) is 0 Å². The minimum atomic E-state index is -1.32. The third-order valence-electron chi connectivity index (χ3n) is 10.2. The monoisotopic (exact) mass is 802 g/mol. The van der Waals surface area contributed by atoms with Gasteiger partial charge in [0.1, 0.15) is 0 Å². The van der Waals surface area contributed by atoms with Crippen molar-refractivity contribution in [2.24, 2.45) is 0 Å². The van der Waals surface area contributed by atoms with Crippen LogP contribution in [0.3, 0.4) is 0 Å². The van der Waals surface area contributed by atoms with Crippen molar-refractivity contribution in [3.05, 3.63) is 135 Å². The summed E-state index contributed by atoms with van der Waals surface area (Å²) in [6.07, 6.45) is 5.03. The van der Waals surface area contributed by atoms with E-state index in [0.717, 1.165) is 0 Å². The molecule has 0 bridgehead atoms. The van der Waals surface area contributed by atoms with Gasteiger partial charge in [0.05, 0.1) is 16.1 Å². The van der Waals surface area contributed by atoms with Crippen LogP contribution in [0.1, 0.15) is 36.8 Å². The van der Waals surface area contributed by atoms with Gasteiger partial charge < -0.3 is 14.9 Å². The van der Waals surface area contributed by atoms with Crippen LogP contribution in [-0.4, -0.2) is 16.1 Å². The van der Waals surface area contributed by atoms with Crippen LogP contribution in [0, 0.1) is 14.9 Å². The molecule has 0 amide bonds. The van der Waals surface area contributed by atoms with Gasteiger partial charge in [-0.3, -0.25) is 0 Å². The smallest absolute Gasteiger partial charge is 0.358 e. The molecule has 0 saturated heterocycles. The fraction of sp³-hybridized carbons (Fsp3) is 0.256. The van der Waals surface area contributed by atoms with E-state index in [1.807, 2.05) is 0 Å². The summed E-state index contributed by atoms with van der Waals surface area (Å²) in [4.78, 5) is 0. The van der Waals surface area contributed by atoms with Crippen LogP contribution in [0.2, 0.25) is 39.3 Å². The van der Waals surface area contributed by atoms with Gasteiger partial charge in [0.2, 0.25) is 0 Å². The zero-order valence-corrected chi connectivity index (χ0v) is 34.8. The molecule has 0 unspecified atom stereocenters. The first-order chi connectivity index (χ1) is 20.5. The van der Waals surface area contributed by atoms with Crippen LogP contribution in [-0.2, 0) is 31.3 Å². The van der Waals surface area contributed by atoms with Crippen molar-refractivity contribution >= 4 is 48.1 Å². The summed E-state index contributed by atoms with van der Waals surface area (Å²) in [5.41, 5.74) is 8.45. The summed E-state index contributed by atoms with van der Waals surface area (Å²) in [5.74, 6) is 0. The minimum Gasteiger partial charge on any atom is -0.358 e. The maximum atomic E-state index is 2.54. The van der Waals surface area contributed by atoms with E-state index in [1.54, 1.807) is 0 Å². The Morgan fingerprint density at radius 3 is 1.24 bits per heavy atom. The molecule has 0 N–H and O–H groups in total. The molecule has 46 heavy (non-hydrogen) atoms. The van der Waals surface area contributed by atoms with Gasteiger partial charge in [0.15, 0.2) is 0 Å². The van der Waals surface area contributed by atoms with Gasteiger partial charge in [0.25, 0.3) is 0 Å². The normalized spacial score (nSPS) is 14.5. The summed E-state index contributed by atoms with van der Waals surface area (Å²) in [7, 11) is -2.64. The van der Waals surface area contributed by atoms with Crippen LogP contribution in [0.25, 0.3) is 43.8 Å². The van der Waals surface area contributed by atoms with E-state index in [9.17, 15) is 0 Å². The molecule has 1 fully saturated rings. The van der Waals surface area contributed by atoms with Gasteiger partial charge in [-0.15, -0.1) is 69.1 Å². The Bertz CT molecular complexity index is 1780. The fourth-order valence-electron chi connectivity index (χ4n) is 7.55. The summed E-state index contributed by atoms with van der Waals surface area (Å²) in [6.45, 7) is 14.5. The zero-order chi connectivity index (χ0) is 30.0. The molecule has 7 rings (SSSR count).